The van der Waals surface area contributed by atoms with Crippen LogP contribution in [0.25, 0.3) is 11.3 Å². The first-order valence-corrected chi connectivity index (χ1v) is 12.7. The van der Waals surface area contributed by atoms with Gasteiger partial charge in [0.2, 0.25) is 0 Å². The van der Waals surface area contributed by atoms with Crippen LogP contribution in [0.3, 0.4) is 0 Å². The maximum Gasteiger partial charge on any atom is 0.309 e. The van der Waals surface area contributed by atoms with E-state index in [4.69, 9.17) is 14.3 Å². The molecule has 0 aliphatic heterocycles. The van der Waals surface area contributed by atoms with E-state index >= 15 is 0 Å². The number of oxime groups is 1. The first kappa shape index (κ1) is 26.9. The number of carbonyl (C=O) groups excluding carboxylic acids is 1. The van der Waals surface area contributed by atoms with Gasteiger partial charge in [0, 0.05) is 11.8 Å². The topological polar surface area (TPSA) is 70.0 Å². The van der Waals surface area contributed by atoms with Crippen LogP contribution in [-0.4, -0.2) is 36.5 Å². The fraction of sp³-hybridized carbons (Fsp3) is 0.367. The smallest absolute Gasteiger partial charge is 0.309 e. The Kier molecular flexibility index (Phi) is 11.0. The van der Waals surface area contributed by atoms with Crippen LogP contribution < -0.4 is 4.74 Å². The molecule has 0 amide bonds. The average Bonchev–Trinajstić information content (AvgIpc) is 2.92. The van der Waals surface area contributed by atoms with E-state index in [1.807, 2.05) is 80.6 Å². The molecule has 6 nitrogen and oxygen atoms in total. The van der Waals surface area contributed by atoms with Crippen LogP contribution in [0.2, 0.25) is 0 Å². The van der Waals surface area contributed by atoms with Gasteiger partial charge < -0.3 is 14.3 Å². The molecular formula is C30H36N2O4. The molecule has 0 fully saturated rings. The highest BCUT2D eigenvalue weighted by Gasteiger charge is 2.19. The Balaban J connectivity index is 1.43. The highest BCUT2D eigenvalue weighted by atomic mass is 16.6. The minimum Gasteiger partial charge on any atom is -0.490 e. The molecule has 6 heteroatoms. The van der Waals surface area contributed by atoms with E-state index in [1.54, 1.807) is 6.20 Å². The molecule has 0 saturated heterocycles. The molecule has 1 aromatic heterocycles. The lowest BCUT2D eigenvalue weighted by Gasteiger charge is -2.15. The fourth-order valence-electron chi connectivity index (χ4n) is 3.83. The molecule has 190 valence electrons. The number of rotatable bonds is 14. The second kappa shape index (κ2) is 14.7. The molecule has 1 unspecified atom stereocenters. The molecule has 0 radical (unpaired) electrons. The van der Waals surface area contributed by atoms with Gasteiger partial charge in [-0.3, -0.25) is 9.78 Å². The predicted molar refractivity (Wildman–Crippen MR) is 143 cm³/mol. The largest absolute Gasteiger partial charge is 0.490 e. The number of hydrogen-bond donors (Lipinski definition) is 0. The number of benzene rings is 2. The van der Waals surface area contributed by atoms with Gasteiger partial charge in [0.1, 0.15) is 12.4 Å². The summed E-state index contributed by atoms with van der Waals surface area (Å²) in [4.78, 5) is 22.1. The number of pyridine rings is 1. The van der Waals surface area contributed by atoms with E-state index in [0.29, 0.717) is 26.2 Å². The van der Waals surface area contributed by atoms with Crippen molar-refractivity contribution >= 4 is 11.7 Å². The van der Waals surface area contributed by atoms with Gasteiger partial charge in [-0.25, -0.2) is 0 Å². The third-order valence-electron chi connectivity index (χ3n) is 5.84. The molecule has 0 saturated carbocycles. The second-order valence-electron chi connectivity index (χ2n) is 8.59. The van der Waals surface area contributed by atoms with E-state index < -0.39 is 0 Å². The van der Waals surface area contributed by atoms with Crippen molar-refractivity contribution < 1.29 is 19.1 Å². The van der Waals surface area contributed by atoms with Crippen molar-refractivity contribution in [3.63, 3.8) is 0 Å². The normalized spacial score (nSPS) is 12.1. The van der Waals surface area contributed by atoms with Crippen molar-refractivity contribution in [2.45, 2.75) is 46.5 Å². The lowest BCUT2D eigenvalue weighted by atomic mass is 9.94. The number of carbonyl (C=O) groups is 1. The van der Waals surface area contributed by atoms with E-state index in [2.05, 4.69) is 17.1 Å². The van der Waals surface area contributed by atoms with Crippen molar-refractivity contribution in [3.8, 4) is 17.0 Å². The summed E-state index contributed by atoms with van der Waals surface area (Å²) in [5, 5.41) is 4.21. The monoisotopic (exact) mass is 488 g/mol. The Morgan fingerprint density at radius 1 is 0.972 bits per heavy atom. The summed E-state index contributed by atoms with van der Waals surface area (Å²) < 4.78 is 11.0. The molecule has 0 aliphatic rings. The molecule has 0 bridgehead atoms. The fourth-order valence-corrected chi connectivity index (χ4v) is 3.83. The summed E-state index contributed by atoms with van der Waals surface area (Å²) in [5.41, 5.74) is 4.89. The summed E-state index contributed by atoms with van der Waals surface area (Å²) in [6.07, 6.45) is 5.39. The zero-order valence-corrected chi connectivity index (χ0v) is 21.5. The van der Waals surface area contributed by atoms with Crippen LogP contribution in [0.1, 0.15) is 51.2 Å². The third-order valence-corrected chi connectivity index (χ3v) is 5.84. The number of unbranched alkanes of at least 4 members (excludes halogenated alkanes) is 1. The molecule has 0 aliphatic carbocycles. The Morgan fingerprint density at radius 2 is 1.75 bits per heavy atom. The van der Waals surface area contributed by atoms with E-state index in [1.165, 1.54) is 0 Å². The van der Waals surface area contributed by atoms with Gasteiger partial charge >= 0.3 is 5.97 Å². The van der Waals surface area contributed by atoms with Crippen molar-refractivity contribution in [1.29, 1.82) is 0 Å². The molecule has 36 heavy (non-hydrogen) atoms. The quantitative estimate of drug-likeness (QED) is 0.112. The Labute approximate surface area is 214 Å². The summed E-state index contributed by atoms with van der Waals surface area (Å²) in [5.74, 6) is 0.551. The van der Waals surface area contributed by atoms with Gasteiger partial charge in [-0.15, -0.1) is 0 Å². The molecule has 3 aromatic rings. The first-order chi connectivity index (χ1) is 17.6. The maximum absolute atomic E-state index is 12.3. The Hall–Kier alpha value is -3.67. The van der Waals surface area contributed by atoms with Crippen LogP contribution in [0.15, 0.2) is 78.1 Å². The molecule has 2 aromatic carbocycles. The van der Waals surface area contributed by atoms with Gasteiger partial charge in [0.25, 0.3) is 0 Å². The zero-order valence-electron chi connectivity index (χ0n) is 21.5. The van der Waals surface area contributed by atoms with E-state index in [-0.39, 0.29) is 11.9 Å². The van der Waals surface area contributed by atoms with E-state index in [9.17, 15) is 4.79 Å². The lowest BCUT2D eigenvalue weighted by molar-refractivity contribution is -0.148. The number of aromatic nitrogens is 1. The lowest BCUT2D eigenvalue weighted by Crippen LogP contribution is -2.20. The minimum absolute atomic E-state index is 0.0996. The Morgan fingerprint density at radius 3 is 2.42 bits per heavy atom. The number of nitrogens with zero attached hydrogens (tertiary/aromatic N) is 2. The molecular weight excluding hydrogens is 452 g/mol. The first-order valence-electron chi connectivity index (χ1n) is 12.7. The third kappa shape index (κ3) is 8.52. The number of esters is 1. The SMILES string of the molecule is CCCCC(Cc1ccc(OCCO/N=C(/C)c2ccc(-c3ccccn3)cc2)cc1)C(=O)OCC. The van der Waals surface area contributed by atoms with E-state index in [0.717, 1.165) is 53.1 Å². The van der Waals surface area contributed by atoms with Gasteiger partial charge in [-0.05, 0) is 62.1 Å². The van der Waals surface area contributed by atoms with Crippen LogP contribution >= 0.6 is 0 Å². The molecule has 3 rings (SSSR count). The predicted octanol–water partition coefficient (Wildman–Crippen LogP) is 6.48. The van der Waals surface area contributed by atoms with Gasteiger partial charge in [0.15, 0.2) is 6.61 Å². The maximum atomic E-state index is 12.3. The summed E-state index contributed by atoms with van der Waals surface area (Å²) in [6, 6.07) is 21.8. The van der Waals surface area contributed by atoms with Gasteiger partial charge in [0.05, 0.1) is 23.9 Å². The highest BCUT2D eigenvalue weighted by Crippen LogP contribution is 2.20. The average molecular weight is 489 g/mol. The summed E-state index contributed by atoms with van der Waals surface area (Å²) >= 11 is 0. The van der Waals surface area contributed by atoms with Crippen LogP contribution in [0, 0.1) is 5.92 Å². The van der Waals surface area contributed by atoms with Crippen molar-refractivity contribution in [3.05, 3.63) is 84.1 Å². The minimum atomic E-state index is -0.108. The molecule has 0 N–H and O–H groups in total. The van der Waals surface area contributed by atoms with Crippen molar-refractivity contribution in [2.75, 3.05) is 19.8 Å². The van der Waals surface area contributed by atoms with Crippen molar-refractivity contribution in [2.24, 2.45) is 11.1 Å². The Bertz CT molecular complexity index is 1080. The summed E-state index contributed by atoms with van der Waals surface area (Å²) in [7, 11) is 0. The van der Waals surface area contributed by atoms with Gasteiger partial charge in [-0.1, -0.05) is 67.4 Å². The van der Waals surface area contributed by atoms with Crippen LogP contribution in [-0.2, 0) is 20.8 Å². The zero-order chi connectivity index (χ0) is 25.6. The van der Waals surface area contributed by atoms with Gasteiger partial charge in [-0.2, -0.15) is 0 Å². The summed E-state index contributed by atoms with van der Waals surface area (Å²) in [6.45, 7) is 7.03. The molecule has 0 spiro atoms. The second-order valence-corrected chi connectivity index (χ2v) is 8.59. The molecule has 1 heterocycles. The number of ether oxygens (including phenoxy) is 2. The molecule has 1 atom stereocenters. The van der Waals surface area contributed by atoms with Crippen LogP contribution in [0.4, 0.5) is 0 Å². The number of hydrogen-bond acceptors (Lipinski definition) is 6. The van der Waals surface area contributed by atoms with Crippen molar-refractivity contribution in [1.82, 2.24) is 4.98 Å². The van der Waals surface area contributed by atoms with Crippen LogP contribution in [0.5, 0.6) is 5.75 Å². The standard InChI is InChI=1S/C30H36N2O4/c1-4-6-9-27(30(33)34-5-2)22-24-11-17-28(18-12-24)35-20-21-36-32-23(3)25-13-15-26(16-14-25)29-10-7-8-19-31-29/h7-8,10-19,27H,4-6,9,20-22H2,1-3H3/b32-23-. The highest BCUT2D eigenvalue weighted by molar-refractivity contribution is 5.98.